The Morgan fingerprint density at radius 1 is 1.11 bits per heavy atom. The quantitative estimate of drug-likeness (QED) is 0.856. The Hall–Kier alpha value is -1.79. The highest BCUT2D eigenvalue weighted by atomic mass is 35.5. The van der Waals surface area contributed by atoms with Crippen molar-refractivity contribution < 1.29 is 12.8 Å². The summed E-state index contributed by atoms with van der Waals surface area (Å²) < 4.78 is 39.9. The molecule has 0 unspecified atom stereocenters. The van der Waals surface area contributed by atoms with E-state index in [1.54, 1.807) is 6.07 Å². The van der Waals surface area contributed by atoms with E-state index >= 15 is 0 Å². The van der Waals surface area contributed by atoms with Gasteiger partial charge in [0.15, 0.2) is 0 Å². The molecule has 7 heteroatoms. The van der Waals surface area contributed by atoms with Crippen LogP contribution in [-0.4, -0.2) is 8.42 Å². The van der Waals surface area contributed by atoms with E-state index in [1.807, 2.05) is 0 Å². The molecule has 0 heterocycles. The van der Waals surface area contributed by atoms with Gasteiger partial charge >= 0.3 is 0 Å². The van der Waals surface area contributed by atoms with E-state index in [4.69, 9.17) is 17.3 Å². The van der Waals surface area contributed by atoms with Gasteiger partial charge in [0.25, 0.3) is 10.0 Å². The zero-order valence-corrected chi connectivity index (χ0v) is 11.2. The van der Waals surface area contributed by atoms with Gasteiger partial charge in [-0.1, -0.05) is 29.8 Å². The Balaban J connectivity index is 2.46. The van der Waals surface area contributed by atoms with Crippen LogP contribution in [0.2, 0.25) is 5.02 Å². The summed E-state index contributed by atoms with van der Waals surface area (Å²) in [6.07, 6.45) is 0. The van der Waals surface area contributed by atoms with Crippen molar-refractivity contribution in [2.75, 3.05) is 10.5 Å². The van der Waals surface area contributed by atoms with Gasteiger partial charge in [-0.05, 0) is 24.3 Å². The number of nitrogen functional groups attached to an aromatic ring is 1. The first-order valence-corrected chi connectivity index (χ1v) is 7.09. The summed E-state index contributed by atoms with van der Waals surface area (Å²) in [5.41, 5.74) is 5.36. The lowest BCUT2D eigenvalue weighted by Gasteiger charge is -2.11. The van der Waals surface area contributed by atoms with Gasteiger partial charge in [0.1, 0.15) is 16.4 Å². The topological polar surface area (TPSA) is 72.2 Å². The predicted octanol–water partition coefficient (Wildman–Crippen LogP) is 2.86. The number of rotatable bonds is 3. The highest BCUT2D eigenvalue weighted by Crippen LogP contribution is 2.28. The first-order chi connectivity index (χ1) is 8.92. The molecule has 100 valence electrons. The standard InChI is InChI=1S/C12H10ClFN2O2S/c13-8-4-3-5-9(14)12(8)16-19(17,18)11-7-2-1-6-10(11)15/h1-7,16H,15H2. The second-order valence-electron chi connectivity index (χ2n) is 3.74. The molecule has 0 aromatic heterocycles. The van der Waals surface area contributed by atoms with E-state index in [0.29, 0.717) is 0 Å². The van der Waals surface area contributed by atoms with Gasteiger partial charge in [0, 0.05) is 0 Å². The van der Waals surface area contributed by atoms with E-state index < -0.39 is 15.8 Å². The Morgan fingerprint density at radius 3 is 2.42 bits per heavy atom. The number of benzene rings is 2. The number of sulfonamides is 1. The summed E-state index contributed by atoms with van der Waals surface area (Å²) in [4.78, 5) is -0.130. The van der Waals surface area contributed by atoms with E-state index in [0.717, 1.165) is 6.07 Å². The molecule has 0 amide bonds. The highest BCUT2D eigenvalue weighted by molar-refractivity contribution is 7.92. The summed E-state index contributed by atoms with van der Waals surface area (Å²) in [7, 11) is -3.99. The monoisotopic (exact) mass is 300 g/mol. The zero-order chi connectivity index (χ0) is 14.0. The van der Waals surface area contributed by atoms with Gasteiger partial charge in [0.2, 0.25) is 0 Å². The molecule has 19 heavy (non-hydrogen) atoms. The number of hydrogen-bond acceptors (Lipinski definition) is 3. The Labute approximate surface area is 115 Å². The van der Waals surface area contributed by atoms with Crippen LogP contribution >= 0.6 is 11.6 Å². The van der Waals surface area contributed by atoms with E-state index in [-0.39, 0.29) is 21.3 Å². The average molecular weight is 301 g/mol. The van der Waals surface area contributed by atoms with Gasteiger partial charge in [-0.25, -0.2) is 12.8 Å². The van der Waals surface area contributed by atoms with Crippen molar-refractivity contribution in [1.82, 2.24) is 0 Å². The average Bonchev–Trinajstić information content (AvgIpc) is 2.34. The molecule has 4 nitrogen and oxygen atoms in total. The smallest absolute Gasteiger partial charge is 0.264 e. The molecule has 3 N–H and O–H groups in total. The van der Waals surface area contributed by atoms with E-state index in [9.17, 15) is 12.8 Å². The van der Waals surface area contributed by atoms with E-state index in [1.165, 1.54) is 30.3 Å². The third kappa shape index (κ3) is 2.80. The zero-order valence-electron chi connectivity index (χ0n) is 9.60. The fourth-order valence-electron chi connectivity index (χ4n) is 1.51. The molecule has 0 saturated carbocycles. The number of nitrogens with two attached hydrogens (primary N) is 1. The predicted molar refractivity (Wildman–Crippen MR) is 73.1 cm³/mol. The Morgan fingerprint density at radius 2 is 1.79 bits per heavy atom. The first kappa shape index (κ1) is 13.6. The van der Waals surface area contributed by atoms with Crippen LogP contribution in [0.4, 0.5) is 15.8 Å². The maximum absolute atomic E-state index is 13.6. The van der Waals surface area contributed by atoms with Crippen LogP contribution in [0.5, 0.6) is 0 Å². The van der Waals surface area contributed by atoms with Gasteiger partial charge < -0.3 is 5.73 Å². The molecule has 0 aliphatic carbocycles. The molecule has 2 aromatic carbocycles. The van der Waals surface area contributed by atoms with Crippen molar-refractivity contribution in [1.29, 1.82) is 0 Å². The minimum Gasteiger partial charge on any atom is -0.398 e. The van der Waals surface area contributed by atoms with Crippen LogP contribution < -0.4 is 10.5 Å². The van der Waals surface area contributed by atoms with Crippen LogP contribution in [0.1, 0.15) is 0 Å². The van der Waals surface area contributed by atoms with Crippen LogP contribution in [0.3, 0.4) is 0 Å². The fraction of sp³-hybridized carbons (Fsp3) is 0. The normalized spacial score (nSPS) is 11.3. The van der Waals surface area contributed by atoms with Crippen molar-refractivity contribution >= 4 is 33.0 Å². The van der Waals surface area contributed by atoms with Gasteiger partial charge in [-0.2, -0.15) is 0 Å². The van der Waals surface area contributed by atoms with Crippen molar-refractivity contribution in [2.45, 2.75) is 4.90 Å². The molecular formula is C12H10ClFN2O2S. The largest absolute Gasteiger partial charge is 0.398 e. The third-order valence-electron chi connectivity index (χ3n) is 2.41. The SMILES string of the molecule is Nc1ccccc1S(=O)(=O)Nc1c(F)cccc1Cl. The highest BCUT2D eigenvalue weighted by Gasteiger charge is 2.20. The van der Waals surface area contributed by atoms with Crippen LogP contribution in [-0.2, 0) is 10.0 Å². The molecule has 2 aromatic rings. The minimum absolute atomic E-state index is 0.0296. The molecule has 0 spiro atoms. The number of anilines is 2. The molecule has 0 radical (unpaired) electrons. The molecule has 0 bridgehead atoms. The van der Waals surface area contributed by atoms with Crippen LogP contribution in [0.25, 0.3) is 0 Å². The molecule has 0 atom stereocenters. The number of hydrogen-bond donors (Lipinski definition) is 2. The van der Waals surface area contributed by atoms with Crippen molar-refractivity contribution in [3.05, 3.63) is 53.3 Å². The fourth-order valence-corrected chi connectivity index (χ4v) is 3.00. The summed E-state index contributed by atoms with van der Waals surface area (Å²) in [6.45, 7) is 0. The summed E-state index contributed by atoms with van der Waals surface area (Å²) in [5, 5.41) is -0.0296. The van der Waals surface area contributed by atoms with Crippen molar-refractivity contribution in [2.24, 2.45) is 0 Å². The minimum atomic E-state index is -3.99. The molecule has 2 rings (SSSR count). The van der Waals surface area contributed by atoms with Crippen molar-refractivity contribution in [3.63, 3.8) is 0 Å². The van der Waals surface area contributed by atoms with Crippen LogP contribution in [0.15, 0.2) is 47.4 Å². The number of para-hydroxylation sites is 2. The molecular weight excluding hydrogens is 291 g/mol. The lowest BCUT2D eigenvalue weighted by Crippen LogP contribution is -2.15. The lowest BCUT2D eigenvalue weighted by molar-refractivity contribution is 0.599. The Bertz CT molecular complexity index is 699. The number of nitrogens with one attached hydrogen (secondary N) is 1. The Kier molecular flexibility index (Phi) is 3.64. The molecule has 0 saturated heterocycles. The lowest BCUT2D eigenvalue weighted by atomic mass is 10.3. The molecule has 0 fully saturated rings. The van der Waals surface area contributed by atoms with E-state index in [2.05, 4.69) is 4.72 Å². The van der Waals surface area contributed by atoms with Gasteiger partial charge in [0.05, 0.1) is 10.7 Å². The second kappa shape index (κ2) is 5.07. The first-order valence-electron chi connectivity index (χ1n) is 5.23. The van der Waals surface area contributed by atoms with Gasteiger partial charge in [-0.3, -0.25) is 4.72 Å². The maximum Gasteiger partial charge on any atom is 0.264 e. The van der Waals surface area contributed by atoms with Crippen LogP contribution in [0, 0.1) is 5.82 Å². The number of halogens is 2. The van der Waals surface area contributed by atoms with Crippen molar-refractivity contribution in [3.8, 4) is 0 Å². The molecule has 0 aliphatic rings. The summed E-state index contributed by atoms with van der Waals surface area (Å²) in [6, 6.07) is 9.77. The summed E-state index contributed by atoms with van der Waals surface area (Å²) >= 11 is 5.76. The summed E-state index contributed by atoms with van der Waals surface area (Å²) in [5.74, 6) is -0.759. The molecule has 0 aliphatic heterocycles. The maximum atomic E-state index is 13.6. The second-order valence-corrected chi connectivity index (χ2v) is 5.80. The third-order valence-corrected chi connectivity index (χ3v) is 4.15. The van der Waals surface area contributed by atoms with Gasteiger partial charge in [-0.15, -0.1) is 0 Å².